The Balaban J connectivity index is 2.22. The van der Waals surface area contributed by atoms with Gasteiger partial charge in [-0.05, 0) is 38.1 Å². The van der Waals surface area contributed by atoms with Gasteiger partial charge in [-0.15, -0.1) is 0 Å². The molecule has 2 N–H and O–H groups in total. The highest BCUT2D eigenvalue weighted by Gasteiger charge is 2.29. The first-order valence-corrected chi connectivity index (χ1v) is 7.15. The molecule has 0 aliphatic carbocycles. The third-order valence-corrected chi connectivity index (χ3v) is 3.70. The van der Waals surface area contributed by atoms with E-state index in [0.29, 0.717) is 0 Å². The third-order valence-electron chi connectivity index (χ3n) is 3.70. The van der Waals surface area contributed by atoms with E-state index in [1.54, 1.807) is 0 Å². The molecule has 2 aromatic carbocycles. The number of hydrogen-bond donors (Lipinski definition) is 2. The van der Waals surface area contributed by atoms with E-state index >= 15 is 0 Å². The molecule has 21 heavy (non-hydrogen) atoms. The highest BCUT2D eigenvalue weighted by molar-refractivity contribution is 5.99. The molecule has 110 valence electrons. The van der Waals surface area contributed by atoms with E-state index < -0.39 is 5.41 Å². The zero-order chi connectivity index (χ0) is 15.3. The number of benzene rings is 2. The van der Waals surface area contributed by atoms with Gasteiger partial charge in [-0.25, -0.2) is 0 Å². The third kappa shape index (κ3) is 3.50. The Hall–Kier alpha value is -2.13. The zero-order valence-corrected chi connectivity index (χ0v) is 12.8. The summed E-state index contributed by atoms with van der Waals surface area (Å²) in [5.74, 6) is -0.00254. The molecule has 0 unspecified atom stereocenters. The smallest absolute Gasteiger partial charge is 0.234 e. The van der Waals surface area contributed by atoms with Gasteiger partial charge in [0.1, 0.15) is 0 Å². The van der Waals surface area contributed by atoms with Gasteiger partial charge in [0.15, 0.2) is 0 Å². The first-order chi connectivity index (χ1) is 10.1. The highest BCUT2D eigenvalue weighted by atomic mass is 16.2. The van der Waals surface area contributed by atoms with Crippen LogP contribution < -0.4 is 10.6 Å². The summed E-state index contributed by atoms with van der Waals surface area (Å²) in [6.07, 6.45) is 0. The number of hydrogen-bond acceptors (Lipinski definition) is 2. The van der Waals surface area contributed by atoms with Crippen molar-refractivity contribution in [1.29, 1.82) is 0 Å². The summed E-state index contributed by atoms with van der Waals surface area (Å²) in [6.45, 7) is 4.61. The molecule has 3 heteroatoms. The van der Waals surface area contributed by atoms with Gasteiger partial charge >= 0.3 is 0 Å². The molecule has 0 saturated heterocycles. The van der Waals surface area contributed by atoms with Gasteiger partial charge in [-0.3, -0.25) is 4.79 Å². The van der Waals surface area contributed by atoms with E-state index in [9.17, 15) is 4.79 Å². The quantitative estimate of drug-likeness (QED) is 0.883. The number of anilines is 1. The summed E-state index contributed by atoms with van der Waals surface area (Å²) in [4.78, 5) is 12.7. The molecule has 1 amide bonds. The highest BCUT2D eigenvalue weighted by Crippen LogP contribution is 2.25. The Morgan fingerprint density at radius 3 is 2.29 bits per heavy atom. The summed E-state index contributed by atoms with van der Waals surface area (Å²) >= 11 is 0. The second-order valence-corrected chi connectivity index (χ2v) is 5.63. The minimum absolute atomic E-state index is 0.00254. The second kappa shape index (κ2) is 6.55. The minimum Gasteiger partial charge on any atom is -0.325 e. The average molecular weight is 282 g/mol. The van der Waals surface area contributed by atoms with Gasteiger partial charge in [0, 0.05) is 12.2 Å². The molecule has 0 radical (unpaired) electrons. The number of amides is 1. The van der Waals surface area contributed by atoms with Crippen molar-refractivity contribution in [2.24, 2.45) is 0 Å². The normalized spacial score (nSPS) is 11.2. The fourth-order valence-electron chi connectivity index (χ4n) is 2.25. The number of carbonyl (C=O) groups is 1. The van der Waals surface area contributed by atoms with Crippen molar-refractivity contribution in [1.82, 2.24) is 5.32 Å². The van der Waals surface area contributed by atoms with Crippen LogP contribution in [0.2, 0.25) is 0 Å². The maximum absolute atomic E-state index is 12.7. The van der Waals surface area contributed by atoms with E-state index in [1.807, 2.05) is 75.5 Å². The first kappa shape index (κ1) is 15.3. The molecule has 0 aliphatic heterocycles. The molecule has 0 heterocycles. The van der Waals surface area contributed by atoms with E-state index in [-0.39, 0.29) is 5.91 Å². The van der Waals surface area contributed by atoms with Gasteiger partial charge in [0.05, 0.1) is 5.41 Å². The van der Waals surface area contributed by atoms with Crippen LogP contribution in [-0.4, -0.2) is 13.0 Å². The Labute approximate surface area is 126 Å². The Bertz CT molecular complexity index is 606. The molecular weight excluding hydrogens is 260 g/mol. The van der Waals surface area contributed by atoms with Gasteiger partial charge in [0.2, 0.25) is 5.91 Å². The second-order valence-electron chi connectivity index (χ2n) is 5.63. The SMILES string of the molecule is CNCc1ccccc1NC(=O)C(C)(C)c1ccccc1. The lowest BCUT2D eigenvalue weighted by Crippen LogP contribution is -2.35. The fourth-order valence-corrected chi connectivity index (χ4v) is 2.25. The average Bonchev–Trinajstić information content (AvgIpc) is 2.50. The van der Waals surface area contributed by atoms with E-state index in [2.05, 4.69) is 10.6 Å². The number of para-hydroxylation sites is 1. The van der Waals surface area contributed by atoms with Crippen LogP contribution in [0.1, 0.15) is 25.0 Å². The van der Waals surface area contributed by atoms with E-state index in [4.69, 9.17) is 0 Å². The van der Waals surface area contributed by atoms with Crippen LogP contribution >= 0.6 is 0 Å². The maximum Gasteiger partial charge on any atom is 0.234 e. The molecule has 0 aromatic heterocycles. The predicted molar refractivity (Wildman–Crippen MR) is 87.3 cm³/mol. The Morgan fingerprint density at radius 2 is 1.62 bits per heavy atom. The molecule has 0 saturated carbocycles. The molecule has 2 aromatic rings. The van der Waals surface area contributed by atoms with Crippen LogP contribution in [0.15, 0.2) is 54.6 Å². The zero-order valence-electron chi connectivity index (χ0n) is 12.8. The van der Waals surface area contributed by atoms with Crippen molar-refractivity contribution in [3.63, 3.8) is 0 Å². The van der Waals surface area contributed by atoms with Gasteiger partial charge in [-0.1, -0.05) is 48.5 Å². The summed E-state index contributed by atoms with van der Waals surface area (Å²) in [5.41, 5.74) is 2.38. The van der Waals surface area contributed by atoms with Crippen LogP contribution in [-0.2, 0) is 16.8 Å². The molecule has 0 atom stereocenters. The van der Waals surface area contributed by atoms with E-state index in [1.165, 1.54) is 0 Å². The van der Waals surface area contributed by atoms with Crippen molar-refractivity contribution in [2.75, 3.05) is 12.4 Å². The van der Waals surface area contributed by atoms with Gasteiger partial charge < -0.3 is 10.6 Å². The van der Waals surface area contributed by atoms with Crippen LogP contribution in [0.25, 0.3) is 0 Å². The topological polar surface area (TPSA) is 41.1 Å². The first-order valence-electron chi connectivity index (χ1n) is 7.15. The molecule has 0 aliphatic rings. The van der Waals surface area contributed by atoms with Gasteiger partial charge in [-0.2, -0.15) is 0 Å². The fraction of sp³-hybridized carbons (Fsp3) is 0.278. The van der Waals surface area contributed by atoms with Crippen LogP contribution in [0.3, 0.4) is 0 Å². The lowest BCUT2D eigenvalue weighted by atomic mass is 9.83. The molecule has 2 rings (SSSR count). The molecular formula is C18H22N2O. The summed E-state index contributed by atoms with van der Waals surface area (Å²) in [5, 5.41) is 6.17. The Kier molecular flexibility index (Phi) is 4.76. The molecule has 3 nitrogen and oxygen atoms in total. The maximum atomic E-state index is 12.7. The van der Waals surface area contributed by atoms with Crippen molar-refractivity contribution in [3.05, 3.63) is 65.7 Å². The summed E-state index contributed by atoms with van der Waals surface area (Å²) < 4.78 is 0. The minimum atomic E-state index is -0.575. The Morgan fingerprint density at radius 1 is 1.00 bits per heavy atom. The molecule has 0 bridgehead atoms. The van der Waals surface area contributed by atoms with Crippen molar-refractivity contribution in [2.45, 2.75) is 25.8 Å². The lowest BCUT2D eigenvalue weighted by Gasteiger charge is -2.25. The summed E-state index contributed by atoms with van der Waals surface area (Å²) in [7, 11) is 1.90. The number of rotatable bonds is 5. The van der Waals surface area contributed by atoms with Crippen molar-refractivity contribution < 1.29 is 4.79 Å². The van der Waals surface area contributed by atoms with Crippen molar-refractivity contribution in [3.8, 4) is 0 Å². The number of nitrogens with one attached hydrogen (secondary N) is 2. The standard InChI is InChI=1S/C18H22N2O/c1-18(2,15-10-5-4-6-11-15)17(21)20-16-12-8-7-9-14(16)13-19-3/h4-12,19H,13H2,1-3H3,(H,20,21). The van der Waals surface area contributed by atoms with E-state index in [0.717, 1.165) is 23.4 Å². The summed E-state index contributed by atoms with van der Waals surface area (Å²) in [6, 6.07) is 17.7. The predicted octanol–water partition coefficient (Wildman–Crippen LogP) is 3.32. The lowest BCUT2D eigenvalue weighted by molar-refractivity contribution is -0.120. The van der Waals surface area contributed by atoms with Crippen LogP contribution in [0, 0.1) is 0 Å². The number of carbonyl (C=O) groups excluding carboxylic acids is 1. The van der Waals surface area contributed by atoms with Gasteiger partial charge in [0.25, 0.3) is 0 Å². The molecule has 0 spiro atoms. The van der Waals surface area contributed by atoms with Crippen LogP contribution in [0.5, 0.6) is 0 Å². The largest absolute Gasteiger partial charge is 0.325 e. The van der Waals surface area contributed by atoms with Crippen molar-refractivity contribution >= 4 is 11.6 Å². The van der Waals surface area contributed by atoms with Crippen LogP contribution in [0.4, 0.5) is 5.69 Å². The molecule has 0 fully saturated rings. The monoisotopic (exact) mass is 282 g/mol.